The van der Waals surface area contributed by atoms with Crippen molar-refractivity contribution in [3.63, 3.8) is 0 Å². The maximum Gasteiger partial charge on any atom is 0.416 e. The van der Waals surface area contributed by atoms with Crippen LogP contribution in [-0.2, 0) is 18.9 Å². The number of urea groups is 1. The molecule has 3 rings (SSSR count). The third-order valence-electron chi connectivity index (χ3n) is 4.88. The molecule has 4 nitrogen and oxygen atoms in total. The molecule has 2 amide bonds. The Morgan fingerprint density at radius 3 is 2.09 bits per heavy atom. The molecule has 3 aromatic rings. The zero-order chi connectivity index (χ0) is 25.6. The second-order valence-corrected chi connectivity index (χ2v) is 7.40. The van der Waals surface area contributed by atoms with Crippen molar-refractivity contribution < 1.29 is 35.9 Å². The van der Waals surface area contributed by atoms with Gasteiger partial charge in [-0.05, 0) is 59.7 Å². The number of carbonyl (C=O) groups excluding carboxylic acids is 1. The van der Waals surface area contributed by atoms with Gasteiger partial charge in [-0.1, -0.05) is 30.3 Å². The van der Waals surface area contributed by atoms with Crippen molar-refractivity contribution in [2.75, 3.05) is 12.0 Å². The second kappa shape index (κ2) is 10.5. The lowest BCUT2D eigenvalue weighted by atomic mass is 10.0. The molecule has 0 aromatic heterocycles. The van der Waals surface area contributed by atoms with Crippen LogP contribution in [0.3, 0.4) is 0 Å². The third-order valence-corrected chi connectivity index (χ3v) is 4.88. The van der Waals surface area contributed by atoms with E-state index < -0.39 is 29.5 Å². The van der Waals surface area contributed by atoms with Crippen LogP contribution in [0.2, 0.25) is 0 Å². The van der Waals surface area contributed by atoms with Gasteiger partial charge < -0.3 is 10.1 Å². The maximum absolute atomic E-state index is 13.1. The molecule has 0 heterocycles. The minimum absolute atomic E-state index is 0.0429. The van der Waals surface area contributed by atoms with Crippen molar-refractivity contribution in [2.45, 2.75) is 18.9 Å². The van der Waals surface area contributed by atoms with Crippen molar-refractivity contribution in [3.8, 4) is 5.75 Å². The van der Waals surface area contributed by atoms with E-state index in [0.717, 1.165) is 17.8 Å². The number of para-hydroxylation sites is 1. The first-order valence-electron chi connectivity index (χ1n) is 10.2. The van der Waals surface area contributed by atoms with Crippen LogP contribution < -0.4 is 15.0 Å². The van der Waals surface area contributed by atoms with E-state index in [-0.39, 0.29) is 18.2 Å². The van der Waals surface area contributed by atoms with E-state index in [9.17, 15) is 31.1 Å². The van der Waals surface area contributed by atoms with Crippen LogP contribution in [0.1, 0.15) is 22.3 Å². The predicted molar refractivity (Wildman–Crippen MR) is 120 cm³/mol. The molecule has 1 N–H and O–H groups in total. The average Bonchev–Trinajstić information content (AvgIpc) is 2.82. The van der Waals surface area contributed by atoms with Crippen LogP contribution in [0.15, 0.2) is 79.0 Å². The number of nitrogens with one attached hydrogen (secondary N) is 1. The lowest BCUT2D eigenvalue weighted by molar-refractivity contribution is -0.143. The van der Waals surface area contributed by atoms with Gasteiger partial charge >= 0.3 is 18.4 Å². The smallest absolute Gasteiger partial charge is 0.416 e. The molecule has 0 saturated carbocycles. The van der Waals surface area contributed by atoms with E-state index in [0.29, 0.717) is 23.6 Å². The highest BCUT2D eigenvalue weighted by Gasteiger charge is 2.36. The number of anilines is 1. The summed E-state index contributed by atoms with van der Waals surface area (Å²) in [5.74, 6) is 0.584. The van der Waals surface area contributed by atoms with Crippen LogP contribution in [0.4, 0.5) is 36.8 Å². The molecule has 0 fully saturated rings. The number of hydrogen-bond acceptors (Lipinski definition) is 2. The van der Waals surface area contributed by atoms with Gasteiger partial charge in [0.2, 0.25) is 0 Å². The number of amides is 2. The molecule has 0 unspecified atom stereocenters. The Bertz CT molecular complexity index is 1160. The fourth-order valence-electron chi connectivity index (χ4n) is 3.20. The largest absolute Gasteiger partial charge is 0.497 e. The molecule has 0 spiro atoms. The average molecular weight is 494 g/mol. The van der Waals surface area contributed by atoms with E-state index in [1.165, 1.54) is 12.0 Å². The Labute approximate surface area is 197 Å². The summed E-state index contributed by atoms with van der Waals surface area (Å²) < 4.78 is 83.6. The number of hydrogen-bond donors (Lipinski definition) is 1. The number of benzene rings is 3. The van der Waals surface area contributed by atoms with Crippen LogP contribution >= 0.6 is 0 Å². The highest BCUT2D eigenvalue weighted by atomic mass is 19.4. The van der Waals surface area contributed by atoms with E-state index in [2.05, 4.69) is 5.32 Å². The summed E-state index contributed by atoms with van der Waals surface area (Å²) in [7, 11) is 1.50. The quantitative estimate of drug-likeness (QED) is 0.371. The van der Waals surface area contributed by atoms with Crippen molar-refractivity contribution in [2.24, 2.45) is 0 Å². The lowest BCUT2D eigenvalue weighted by Crippen LogP contribution is -2.37. The third kappa shape index (κ3) is 7.02. The maximum atomic E-state index is 13.1. The number of halogens is 6. The van der Waals surface area contributed by atoms with E-state index in [1.807, 2.05) is 0 Å². The van der Waals surface area contributed by atoms with Gasteiger partial charge in [0.1, 0.15) is 5.75 Å². The Kier molecular flexibility index (Phi) is 7.73. The molecule has 10 heteroatoms. The Morgan fingerprint density at radius 1 is 0.886 bits per heavy atom. The molecule has 0 bridgehead atoms. The molecule has 3 aromatic carbocycles. The molecule has 0 aliphatic heterocycles. The van der Waals surface area contributed by atoms with Gasteiger partial charge in [-0.3, -0.25) is 4.90 Å². The molecule has 0 aliphatic rings. The summed E-state index contributed by atoms with van der Waals surface area (Å²) in [6, 6.07) is 16.1. The number of nitrogens with zero attached hydrogens (tertiary/aromatic N) is 1. The predicted octanol–water partition coefficient (Wildman–Crippen LogP) is 7.12. The monoisotopic (exact) mass is 494 g/mol. The Morgan fingerprint density at radius 2 is 1.51 bits per heavy atom. The molecular formula is C25H20F6N2O2. The topological polar surface area (TPSA) is 41.6 Å². The normalized spacial score (nSPS) is 12.0. The fourth-order valence-corrected chi connectivity index (χ4v) is 3.20. The van der Waals surface area contributed by atoms with Crippen molar-refractivity contribution in [1.29, 1.82) is 0 Å². The summed E-state index contributed by atoms with van der Waals surface area (Å²) in [4.78, 5) is 14.3. The first kappa shape index (κ1) is 25.7. The van der Waals surface area contributed by atoms with Gasteiger partial charge in [0, 0.05) is 11.9 Å². The van der Waals surface area contributed by atoms with Crippen molar-refractivity contribution >= 4 is 17.8 Å². The molecular weight excluding hydrogens is 474 g/mol. The Balaban J connectivity index is 1.85. The zero-order valence-corrected chi connectivity index (χ0v) is 18.3. The summed E-state index contributed by atoms with van der Waals surface area (Å²) >= 11 is 0. The first-order chi connectivity index (χ1) is 16.5. The van der Waals surface area contributed by atoms with Crippen molar-refractivity contribution in [1.82, 2.24) is 5.32 Å². The van der Waals surface area contributed by atoms with Gasteiger partial charge in [0.05, 0.1) is 24.8 Å². The van der Waals surface area contributed by atoms with Gasteiger partial charge in [-0.25, -0.2) is 4.79 Å². The Hall–Kier alpha value is -3.95. The summed E-state index contributed by atoms with van der Waals surface area (Å²) in [6.07, 6.45) is -7.96. The van der Waals surface area contributed by atoms with E-state index >= 15 is 0 Å². The van der Waals surface area contributed by atoms with Crippen LogP contribution in [0.5, 0.6) is 5.75 Å². The molecule has 0 atom stereocenters. The minimum Gasteiger partial charge on any atom is -0.497 e. The summed E-state index contributed by atoms with van der Waals surface area (Å²) in [5.41, 5.74) is -1.99. The SMILES string of the molecule is COc1cccc(CN(C(=O)N/C=C/c2cc(C(F)(F)F)cc(C(F)(F)F)c2)c2ccccc2)c1. The van der Waals surface area contributed by atoms with Gasteiger partial charge in [0.15, 0.2) is 0 Å². The van der Waals surface area contributed by atoms with Crippen molar-refractivity contribution in [3.05, 3.63) is 101 Å². The summed E-state index contributed by atoms with van der Waals surface area (Å²) in [5, 5.41) is 2.41. The minimum atomic E-state index is -4.96. The number of rotatable bonds is 6. The molecule has 0 saturated heterocycles. The van der Waals surface area contributed by atoms with E-state index in [4.69, 9.17) is 4.74 Å². The van der Waals surface area contributed by atoms with Crippen LogP contribution in [0, 0.1) is 0 Å². The zero-order valence-electron chi connectivity index (χ0n) is 18.3. The first-order valence-corrected chi connectivity index (χ1v) is 10.2. The number of methoxy groups -OCH3 is 1. The second-order valence-electron chi connectivity index (χ2n) is 7.40. The summed E-state index contributed by atoms with van der Waals surface area (Å²) in [6.45, 7) is 0.128. The van der Waals surface area contributed by atoms with Gasteiger partial charge in [-0.2, -0.15) is 26.3 Å². The highest BCUT2D eigenvalue weighted by Crippen LogP contribution is 2.36. The van der Waals surface area contributed by atoms with Gasteiger partial charge in [0.25, 0.3) is 0 Å². The molecule has 0 radical (unpaired) electrons. The number of carbonyl (C=O) groups is 1. The van der Waals surface area contributed by atoms with E-state index in [1.54, 1.807) is 54.6 Å². The standard InChI is InChI=1S/C25H20F6N2O2/c1-35-22-9-5-6-18(14-22)16-33(21-7-3-2-4-8-21)23(34)32-11-10-17-12-19(24(26,27)28)15-20(13-17)25(29,30)31/h2-15H,16H2,1H3,(H,32,34)/b11-10+. The molecule has 35 heavy (non-hydrogen) atoms. The van der Waals surface area contributed by atoms with Crippen LogP contribution in [-0.4, -0.2) is 13.1 Å². The highest BCUT2D eigenvalue weighted by molar-refractivity contribution is 5.92. The molecule has 0 aliphatic carbocycles. The van der Waals surface area contributed by atoms with Crippen LogP contribution in [0.25, 0.3) is 6.08 Å². The lowest BCUT2D eigenvalue weighted by Gasteiger charge is -2.23. The number of alkyl halides is 6. The fraction of sp³-hybridized carbons (Fsp3) is 0.160. The number of ether oxygens (including phenoxy) is 1. The van der Waals surface area contributed by atoms with Gasteiger partial charge in [-0.15, -0.1) is 0 Å². The molecule has 184 valence electrons.